The van der Waals surface area contributed by atoms with Crippen LogP contribution in [-0.4, -0.2) is 6.26 Å². The Morgan fingerprint density at radius 2 is 1.74 bits per heavy atom. The second kappa shape index (κ2) is 6.51. The van der Waals surface area contributed by atoms with E-state index in [9.17, 15) is 5.26 Å². The molecular formula is C15H13ClN2S. The van der Waals surface area contributed by atoms with Crippen molar-refractivity contribution in [2.45, 2.75) is 10.9 Å². The summed E-state index contributed by atoms with van der Waals surface area (Å²) >= 11 is 7.52. The van der Waals surface area contributed by atoms with Crippen LogP contribution in [0.1, 0.15) is 11.6 Å². The topological polar surface area (TPSA) is 35.8 Å². The molecule has 4 heteroatoms. The first-order valence-electron chi connectivity index (χ1n) is 5.78. The molecule has 0 saturated carbocycles. The lowest BCUT2D eigenvalue weighted by atomic mass is 10.1. The van der Waals surface area contributed by atoms with Gasteiger partial charge in [0.2, 0.25) is 0 Å². The largest absolute Gasteiger partial charge is 0.366 e. The Hall–Kier alpha value is -1.63. The van der Waals surface area contributed by atoms with Crippen molar-refractivity contribution in [1.82, 2.24) is 0 Å². The molecule has 0 spiro atoms. The standard InChI is InChI=1S/C15H13ClN2S/c1-19-14-8-2-11(3-9-14)15(10-17)18-13-6-4-12(16)5-7-13/h2-9,15,18H,1H3. The van der Waals surface area contributed by atoms with E-state index >= 15 is 0 Å². The average molecular weight is 289 g/mol. The summed E-state index contributed by atoms with van der Waals surface area (Å²) in [6.45, 7) is 0. The molecule has 0 fully saturated rings. The van der Waals surface area contributed by atoms with E-state index in [-0.39, 0.29) is 6.04 Å². The molecule has 2 aromatic carbocycles. The lowest BCUT2D eigenvalue weighted by molar-refractivity contribution is 0.994. The molecule has 2 rings (SSSR count). The van der Waals surface area contributed by atoms with Crippen LogP contribution in [0.25, 0.3) is 0 Å². The zero-order valence-electron chi connectivity index (χ0n) is 10.4. The van der Waals surface area contributed by atoms with Gasteiger partial charge in [0.1, 0.15) is 6.04 Å². The van der Waals surface area contributed by atoms with E-state index in [0.717, 1.165) is 11.3 Å². The van der Waals surface area contributed by atoms with E-state index in [2.05, 4.69) is 11.4 Å². The lowest BCUT2D eigenvalue weighted by Gasteiger charge is -2.13. The van der Waals surface area contributed by atoms with Crippen molar-refractivity contribution in [3.8, 4) is 6.07 Å². The highest BCUT2D eigenvalue weighted by atomic mass is 35.5. The van der Waals surface area contributed by atoms with Crippen LogP contribution in [0.4, 0.5) is 5.69 Å². The summed E-state index contributed by atoms with van der Waals surface area (Å²) in [6.07, 6.45) is 2.03. The van der Waals surface area contributed by atoms with Gasteiger partial charge in [-0.2, -0.15) is 5.26 Å². The third-order valence-corrected chi connectivity index (χ3v) is 3.73. The maximum Gasteiger partial charge on any atom is 0.140 e. The summed E-state index contributed by atoms with van der Waals surface area (Å²) < 4.78 is 0. The predicted molar refractivity (Wildman–Crippen MR) is 81.7 cm³/mol. The van der Waals surface area contributed by atoms with Gasteiger partial charge in [0.15, 0.2) is 0 Å². The van der Waals surface area contributed by atoms with Crippen LogP contribution in [0.5, 0.6) is 0 Å². The summed E-state index contributed by atoms with van der Waals surface area (Å²) in [6, 6.07) is 17.2. The molecule has 2 nitrogen and oxygen atoms in total. The van der Waals surface area contributed by atoms with Crippen LogP contribution < -0.4 is 5.32 Å². The molecular weight excluding hydrogens is 276 g/mol. The number of thioether (sulfide) groups is 1. The minimum absolute atomic E-state index is 0.364. The first-order valence-corrected chi connectivity index (χ1v) is 7.39. The first kappa shape index (κ1) is 13.8. The zero-order chi connectivity index (χ0) is 13.7. The Labute approximate surface area is 122 Å². The molecule has 0 aliphatic rings. The van der Waals surface area contributed by atoms with Gasteiger partial charge in [-0.25, -0.2) is 0 Å². The van der Waals surface area contributed by atoms with Crippen LogP contribution in [-0.2, 0) is 0 Å². The molecule has 1 atom stereocenters. The smallest absolute Gasteiger partial charge is 0.140 e. The number of nitrogens with one attached hydrogen (secondary N) is 1. The molecule has 1 N–H and O–H groups in total. The SMILES string of the molecule is CSc1ccc(C(C#N)Nc2ccc(Cl)cc2)cc1. The summed E-state index contributed by atoms with van der Waals surface area (Å²) in [7, 11) is 0. The van der Waals surface area contributed by atoms with Crippen LogP contribution in [0, 0.1) is 11.3 Å². The predicted octanol–water partition coefficient (Wildman–Crippen LogP) is 4.74. The van der Waals surface area contributed by atoms with Crippen molar-refractivity contribution >= 4 is 29.1 Å². The van der Waals surface area contributed by atoms with Gasteiger partial charge in [-0.1, -0.05) is 23.7 Å². The van der Waals surface area contributed by atoms with Gasteiger partial charge in [0.05, 0.1) is 6.07 Å². The number of hydrogen-bond acceptors (Lipinski definition) is 3. The number of benzene rings is 2. The summed E-state index contributed by atoms with van der Waals surface area (Å²) in [5.41, 5.74) is 1.83. The highest BCUT2D eigenvalue weighted by molar-refractivity contribution is 7.98. The maximum absolute atomic E-state index is 9.28. The minimum Gasteiger partial charge on any atom is -0.366 e. The number of hydrogen-bond donors (Lipinski definition) is 1. The number of nitriles is 1. The van der Waals surface area contributed by atoms with E-state index in [4.69, 9.17) is 11.6 Å². The fraction of sp³-hybridized carbons (Fsp3) is 0.133. The second-order valence-corrected chi connectivity index (χ2v) is 5.30. The number of rotatable bonds is 4. The van der Waals surface area contributed by atoms with Crippen molar-refractivity contribution in [2.75, 3.05) is 11.6 Å². The van der Waals surface area contributed by atoms with E-state index in [0.29, 0.717) is 5.02 Å². The van der Waals surface area contributed by atoms with Crippen LogP contribution in [0.15, 0.2) is 53.4 Å². The molecule has 2 aromatic rings. The van der Waals surface area contributed by atoms with Crippen LogP contribution >= 0.6 is 23.4 Å². The highest BCUT2D eigenvalue weighted by Crippen LogP contribution is 2.23. The van der Waals surface area contributed by atoms with Gasteiger partial charge in [0.25, 0.3) is 0 Å². The van der Waals surface area contributed by atoms with Gasteiger partial charge < -0.3 is 5.32 Å². The van der Waals surface area contributed by atoms with Gasteiger partial charge in [-0.15, -0.1) is 11.8 Å². The number of nitrogens with zero attached hydrogens (tertiary/aromatic N) is 1. The summed E-state index contributed by atoms with van der Waals surface area (Å²) in [5.74, 6) is 0. The number of anilines is 1. The molecule has 0 saturated heterocycles. The molecule has 0 aliphatic carbocycles. The fourth-order valence-electron chi connectivity index (χ4n) is 1.70. The minimum atomic E-state index is -0.364. The zero-order valence-corrected chi connectivity index (χ0v) is 12.0. The molecule has 0 aromatic heterocycles. The second-order valence-electron chi connectivity index (χ2n) is 3.99. The fourth-order valence-corrected chi connectivity index (χ4v) is 2.23. The van der Waals surface area contributed by atoms with Gasteiger partial charge in [-0.3, -0.25) is 0 Å². The Kier molecular flexibility index (Phi) is 4.73. The molecule has 0 heterocycles. The third-order valence-electron chi connectivity index (χ3n) is 2.73. The normalized spacial score (nSPS) is 11.6. The highest BCUT2D eigenvalue weighted by Gasteiger charge is 2.09. The first-order chi connectivity index (χ1) is 9.22. The van der Waals surface area contributed by atoms with Crippen molar-refractivity contribution < 1.29 is 0 Å². The molecule has 0 radical (unpaired) electrons. The Morgan fingerprint density at radius 1 is 1.11 bits per heavy atom. The number of halogens is 1. The molecule has 1 unspecified atom stereocenters. The molecule has 96 valence electrons. The molecule has 19 heavy (non-hydrogen) atoms. The van der Waals surface area contributed by atoms with E-state index < -0.39 is 0 Å². The molecule has 0 aliphatic heterocycles. The van der Waals surface area contributed by atoms with Gasteiger partial charge >= 0.3 is 0 Å². The lowest BCUT2D eigenvalue weighted by Crippen LogP contribution is -2.08. The van der Waals surface area contributed by atoms with Crippen LogP contribution in [0.3, 0.4) is 0 Å². The monoisotopic (exact) mass is 288 g/mol. The Bertz CT molecular complexity index is 573. The van der Waals surface area contributed by atoms with Crippen molar-refractivity contribution in [3.05, 3.63) is 59.1 Å². The summed E-state index contributed by atoms with van der Waals surface area (Å²) in [5, 5.41) is 13.1. The quantitative estimate of drug-likeness (QED) is 0.826. The van der Waals surface area contributed by atoms with E-state index in [1.54, 1.807) is 23.9 Å². The van der Waals surface area contributed by atoms with Crippen molar-refractivity contribution in [2.24, 2.45) is 0 Å². The third kappa shape index (κ3) is 3.66. The van der Waals surface area contributed by atoms with E-state index in [1.807, 2.05) is 42.7 Å². The Morgan fingerprint density at radius 3 is 2.26 bits per heavy atom. The van der Waals surface area contributed by atoms with Crippen molar-refractivity contribution in [1.29, 1.82) is 5.26 Å². The Balaban J connectivity index is 2.15. The molecule has 0 bridgehead atoms. The maximum atomic E-state index is 9.28. The van der Waals surface area contributed by atoms with Crippen molar-refractivity contribution in [3.63, 3.8) is 0 Å². The average Bonchev–Trinajstić information content (AvgIpc) is 2.47. The van der Waals surface area contributed by atoms with Gasteiger partial charge in [0, 0.05) is 15.6 Å². The van der Waals surface area contributed by atoms with Crippen LogP contribution in [0.2, 0.25) is 5.02 Å². The molecule has 0 amide bonds. The van der Waals surface area contributed by atoms with E-state index in [1.165, 1.54) is 4.90 Å². The van der Waals surface area contributed by atoms with Gasteiger partial charge in [-0.05, 0) is 48.2 Å². The summed E-state index contributed by atoms with van der Waals surface area (Å²) in [4.78, 5) is 1.19.